The monoisotopic (exact) mass is 342 g/mol. The Morgan fingerprint density at radius 1 is 1.12 bits per heavy atom. The van der Waals surface area contributed by atoms with Gasteiger partial charge in [-0.1, -0.05) is 12.1 Å². The lowest BCUT2D eigenvalue weighted by molar-refractivity contribution is 0.342. The van der Waals surface area contributed by atoms with Crippen molar-refractivity contribution < 1.29 is 14.2 Å². The van der Waals surface area contributed by atoms with E-state index < -0.39 is 0 Å². The molecule has 1 aromatic heterocycles. The largest absolute Gasteiger partial charge is 0.493 e. The van der Waals surface area contributed by atoms with E-state index in [2.05, 4.69) is 20.2 Å². The molecule has 0 saturated carbocycles. The number of hydrogen-bond acceptors (Lipinski definition) is 7. The van der Waals surface area contributed by atoms with E-state index in [4.69, 9.17) is 14.2 Å². The Bertz CT molecular complexity index is 724. The van der Waals surface area contributed by atoms with Crippen LogP contribution in [0.3, 0.4) is 0 Å². The van der Waals surface area contributed by atoms with Crippen LogP contribution in [0.1, 0.15) is 5.56 Å². The molecule has 7 nitrogen and oxygen atoms in total. The predicted octanol–water partition coefficient (Wildman–Crippen LogP) is 2.28. The van der Waals surface area contributed by atoms with E-state index >= 15 is 0 Å². The molecule has 2 heterocycles. The van der Waals surface area contributed by atoms with E-state index in [9.17, 15) is 0 Å². The summed E-state index contributed by atoms with van der Waals surface area (Å²) in [5.41, 5.74) is 1.04. The molecule has 0 bridgehead atoms. The van der Waals surface area contributed by atoms with Gasteiger partial charge in [0.25, 0.3) is 0 Å². The molecule has 0 spiro atoms. The molecule has 25 heavy (non-hydrogen) atoms. The summed E-state index contributed by atoms with van der Waals surface area (Å²) in [6, 6.07) is 9.26. The summed E-state index contributed by atoms with van der Waals surface area (Å²) in [6.45, 7) is 2.45. The minimum absolute atomic E-state index is 0.474. The molecular formula is C18H22N4O3. The van der Waals surface area contributed by atoms with Gasteiger partial charge >= 0.3 is 0 Å². The second-order valence-electron chi connectivity index (χ2n) is 5.58. The maximum Gasteiger partial charge on any atom is 0.219 e. The first kappa shape index (κ1) is 16.9. The summed E-state index contributed by atoms with van der Waals surface area (Å²) in [6.07, 6.45) is 1.78. The first-order valence-electron chi connectivity index (χ1n) is 8.04. The molecule has 0 fully saturated rings. The third-order valence-corrected chi connectivity index (χ3v) is 3.90. The highest BCUT2D eigenvalue weighted by Crippen LogP contribution is 2.39. The highest BCUT2D eigenvalue weighted by atomic mass is 16.5. The van der Waals surface area contributed by atoms with Crippen LogP contribution in [0, 0.1) is 0 Å². The van der Waals surface area contributed by atoms with Crippen molar-refractivity contribution in [1.82, 2.24) is 15.2 Å². The highest BCUT2D eigenvalue weighted by molar-refractivity contribution is 5.81. The Hall–Kier alpha value is -2.96. The van der Waals surface area contributed by atoms with E-state index in [-0.39, 0.29) is 0 Å². The van der Waals surface area contributed by atoms with Gasteiger partial charge in [-0.25, -0.2) is 4.98 Å². The molecule has 1 aromatic carbocycles. The first-order valence-corrected chi connectivity index (χ1v) is 8.04. The number of nitrogens with one attached hydrogen (secondary N) is 1. The number of pyridine rings is 1. The van der Waals surface area contributed by atoms with Crippen LogP contribution in [0.15, 0.2) is 41.5 Å². The van der Waals surface area contributed by atoms with Crippen molar-refractivity contribution >= 4 is 5.96 Å². The lowest BCUT2D eigenvalue weighted by Gasteiger charge is -2.15. The zero-order chi connectivity index (χ0) is 17.6. The second kappa shape index (κ2) is 7.74. The topological polar surface area (TPSA) is 68.2 Å². The number of rotatable bonds is 6. The lowest BCUT2D eigenvalue weighted by Crippen LogP contribution is -2.35. The van der Waals surface area contributed by atoms with Gasteiger partial charge in [0.2, 0.25) is 11.6 Å². The van der Waals surface area contributed by atoms with Crippen molar-refractivity contribution in [2.45, 2.75) is 6.54 Å². The van der Waals surface area contributed by atoms with E-state index in [1.165, 1.54) is 0 Å². The van der Waals surface area contributed by atoms with Crippen molar-refractivity contribution in [1.29, 1.82) is 0 Å². The Morgan fingerprint density at radius 2 is 1.88 bits per heavy atom. The minimum Gasteiger partial charge on any atom is -0.493 e. The summed E-state index contributed by atoms with van der Waals surface area (Å²) < 4.78 is 16.5. The average Bonchev–Trinajstić information content (AvgIpc) is 3.06. The normalized spacial score (nSPS) is 13.4. The number of benzene rings is 1. The summed E-state index contributed by atoms with van der Waals surface area (Å²) in [4.78, 5) is 10.9. The third kappa shape index (κ3) is 3.93. The van der Waals surface area contributed by atoms with Gasteiger partial charge in [-0.3, -0.25) is 4.99 Å². The van der Waals surface area contributed by atoms with Gasteiger partial charge in [-0.15, -0.1) is 0 Å². The molecule has 7 heteroatoms. The molecule has 0 saturated heterocycles. The zero-order valence-electron chi connectivity index (χ0n) is 14.7. The summed E-state index contributed by atoms with van der Waals surface area (Å²) >= 11 is 0. The van der Waals surface area contributed by atoms with Crippen molar-refractivity contribution in [3.8, 4) is 23.1 Å². The first-order chi connectivity index (χ1) is 12.2. The van der Waals surface area contributed by atoms with Crippen molar-refractivity contribution in [2.24, 2.45) is 4.99 Å². The summed E-state index contributed by atoms with van der Waals surface area (Å²) in [5.74, 6) is 3.08. The molecule has 0 unspecified atom stereocenters. The quantitative estimate of drug-likeness (QED) is 0.869. The Kier molecular flexibility index (Phi) is 5.23. The van der Waals surface area contributed by atoms with Gasteiger partial charge in [-0.05, 0) is 17.7 Å². The number of methoxy groups -OCH3 is 2. The SMILES string of the molecule is COc1cccc(OC)c1Oc1ccc(CNC2=NCCN2C)cn1. The number of ether oxygens (including phenoxy) is 3. The number of aromatic nitrogens is 1. The zero-order valence-corrected chi connectivity index (χ0v) is 14.7. The number of nitrogens with zero attached hydrogens (tertiary/aromatic N) is 3. The molecule has 1 aliphatic heterocycles. The molecule has 0 atom stereocenters. The van der Waals surface area contributed by atoms with Gasteiger partial charge in [0.15, 0.2) is 17.5 Å². The van der Waals surface area contributed by atoms with Crippen LogP contribution < -0.4 is 19.5 Å². The van der Waals surface area contributed by atoms with Crippen LogP contribution >= 0.6 is 0 Å². The molecule has 132 valence electrons. The van der Waals surface area contributed by atoms with Crippen LogP contribution in [-0.4, -0.2) is 50.2 Å². The molecule has 3 rings (SSSR count). The molecular weight excluding hydrogens is 320 g/mol. The van der Waals surface area contributed by atoms with Crippen LogP contribution in [0.4, 0.5) is 0 Å². The fourth-order valence-corrected chi connectivity index (χ4v) is 2.50. The minimum atomic E-state index is 0.474. The molecule has 1 aliphatic rings. The number of aliphatic imine (C=N–C) groups is 1. The van der Waals surface area contributed by atoms with E-state index in [1.54, 1.807) is 20.4 Å². The third-order valence-electron chi connectivity index (χ3n) is 3.90. The Labute approximate surface area is 147 Å². The smallest absolute Gasteiger partial charge is 0.219 e. The molecule has 0 radical (unpaired) electrons. The van der Waals surface area contributed by atoms with Crippen LogP contribution in [0.2, 0.25) is 0 Å². The molecule has 1 N–H and O–H groups in total. The average molecular weight is 342 g/mol. The van der Waals surface area contributed by atoms with Crippen LogP contribution in [-0.2, 0) is 6.54 Å². The van der Waals surface area contributed by atoms with Crippen LogP contribution in [0.5, 0.6) is 23.1 Å². The number of likely N-dealkylation sites (N-methyl/N-ethyl adjacent to an activating group) is 1. The number of hydrogen-bond donors (Lipinski definition) is 1. The summed E-state index contributed by atoms with van der Waals surface area (Å²) in [5, 5.41) is 3.31. The van der Waals surface area contributed by atoms with Gasteiger partial charge in [0.05, 0.1) is 20.8 Å². The maximum absolute atomic E-state index is 5.86. The van der Waals surface area contributed by atoms with Crippen LogP contribution in [0.25, 0.3) is 0 Å². The molecule has 0 amide bonds. The number of guanidine groups is 1. The Morgan fingerprint density at radius 3 is 2.44 bits per heavy atom. The maximum atomic E-state index is 5.86. The van der Waals surface area contributed by atoms with E-state index in [0.717, 1.165) is 24.6 Å². The predicted molar refractivity (Wildman–Crippen MR) is 95.6 cm³/mol. The van der Waals surface area contributed by atoms with Gasteiger partial charge < -0.3 is 24.4 Å². The lowest BCUT2D eigenvalue weighted by atomic mass is 10.3. The van der Waals surface area contributed by atoms with Crippen molar-refractivity contribution in [3.63, 3.8) is 0 Å². The Balaban J connectivity index is 1.67. The fourth-order valence-electron chi connectivity index (χ4n) is 2.50. The van der Waals surface area contributed by atoms with Crippen molar-refractivity contribution in [2.75, 3.05) is 34.4 Å². The molecule has 0 aliphatic carbocycles. The standard InChI is InChI=1S/C18H22N4O3/c1-22-10-9-19-18(22)21-12-13-7-8-16(20-11-13)25-17-14(23-2)5-4-6-15(17)24-3/h4-8,11H,9-10,12H2,1-3H3,(H,19,21). The van der Waals surface area contributed by atoms with Gasteiger partial charge in [0.1, 0.15) is 0 Å². The number of para-hydroxylation sites is 1. The van der Waals surface area contributed by atoms with Gasteiger partial charge in [-0.2, -0.15) is 0 Å². The van der Waals surface area contributed by atoms with Crippen molar-refractivity contribution in [3.05, 3.63) is 42.1 Å². The molecule has 2 aromatic rings. The van der Waals surface area contributed by atoms with Gasteiger partial charge in [0, 0.05) is 32.4 Å². The summed E-state index contributed by atoms with van der Waals surface area (Å²) in [7, 11) is 5.20. The van der Waals surface area contributed by atoms with E-state index in [1.807, 2.05) is 37.4 Å². The fraction of sp³-hybridized carbons (Fsp3) is 0.333. The van der Waals surface area contributed by atoms with E-state index in [0.29, 0.717) is 29.7 Å². The second-order valence-corrected chi connectivity index (χ2v) is 5.58. The highest BCUT2D eigenvalue weighted by Gasteiger charge is 2.14.